The Morgan fingerprint density at radius 2 is 1.89 bits per heavy atom. The quantitative estimate of drug-likeness (QED) is 0.771. The van der Waals surface area contributed by atoms with Gasteiger partial charge in [-0.2, -0.15) is 0 Å². The number of ether oxygens (including phenoxy) is 1. The van der Waals surface area contributed by atoms with Crippen LogP contribution in [0, 0.1) is 0 Å². The molecule has 1 unspecified atom stereocenters. The molecule has 0 aliphatic heterocycles. The number of aromatic nitrogens is 1. The van der Waals surface area contributed by atoms with Crippen LogP contribution in [-0.4, -0.2) is 15.4 Å². The van der Waals surface area contributed by atoms with Gasteiger partial charge >= 0.3 is 0 Å². The molecule has 0 aliphatic rings. The third kappa shape index (κ3) is 3.60. The first-order valence-corrected chi connectivity index (χ1v) is 7.78. The van der Waals surface area contributed by atoms with Gasteiger partial charge in [0.25, 0.3) is 0 Å². The monoisotopic (exact) mass is 335 g/mol. The first-order chi connectivity index (χ1) is 8.97. The lowest BCUT2D eigenvalue weighted by Crippen LogP contribution is -1.92. The second-order valence-corrected chi connectivity index (χ2v) is 6.13. The minimum absolute atomic E-state index is 0.311. The Hall–Kier alpha value is -0.810. The molecule has 2 aromatic rings. The average Bonchev–Trinajstić information content (AvgIpc) is 2.33. The van der Waals surface area contributed by atoms with Crippen molar-refractivity contribution in [2.24, 2.45) is 0 Å². The van der Waals surface area contributed by atoms with E-state index >= 15 is 0 Å². The van der Waals surface area contributed by atoms with E-state index in [1.165, 1.54) is 24.6 Å². The fraction of sp³-hybridized carbons (Fsp3) is 0.0833. The Labute approximate surface area is 127 Å². The maximum Gasteiger partial charge on any atom is 0.147 e. The van der Waals surface area contributed by atoms with Crippen molar-refractivity contribution >= 4 is 45.6 Å². The Morgan fingerprint density at radius 3 is 2.53 bits per heavy atom. The summed E-state index contributed by atoms with van der Waals surface area (Å²) in [4.78, 5) is 4.31. The molecule has 7 heteroatoms. The van der Waals surface area contributed by atoms with Gasteiger partial charge in [0, 0.05) is 24.6 Å². The number of benzene rings is 1. The zero-order chi connectivity index (χ0) is 14.0. The van der Waals surface area contributed by atoms with Crippen LogP contribution in [0.1, 0.15) is 0 Å². The van der Waals surface area contributed by atoms with Gasteiger partial charge in [0.05, 0.1) is 25.7 Å². The number of hydrogen-bond acceptors (Lipinski definition) is 3. The lowest BCUT2D eigenvalue weighted by atomic mass is 10.3. The molecule has 1 aromatic carbocycles. The molecule has 0 aliphatic carbocycles. The Balaban J connectivity index is 2.36. The molecule has 1 heterocycles. The summed E-state index contributed by atoms with van der Waals surface area (Å²) < 4.78 is 17.0. The summed E-state index contributed by atoms with van der Waals surface area (Å²) in [5.41, 5.74) is 0. The van der Waals surface area contributed by atoms with E-state index in [0.717, 1.165) is 0 Å². The van der Waals surface area contributed by atoms with Crippen LogP contribution in [0.2, 0.25) is 15.2 Å². The Kier molecular flexibility index (Phi) is 4.68. The third-order valence-corrected chi connectivity index (χ3v) is 4.11. The Bertz CT molecular complexity index is 649. The van der Waals surface area contributed by atoms with Gasteiger partial charge in [0.15, 0.2) is 0 Å². The molecule has 19 heavy (non-hydrogen) atoms. The van der Waals surface area contributed by atoms with Gasteiger partial charge < -0.3 is 4.74 Å². The van der Waals surface area contributed by atoms with E-state index in [1.807, 2.05) is 0 Å². The summed E-state index contributed by atoms with van der Waals surface area (Å²) in [6.45, 7) is 0. The predicted molar refractivity (Wildman–Crippen MR) is 78.1 cm³/mol. The highest BCUT2D eigenvalue weighted by molar-refractivity contribution is 7.84. The zero-order valence-electron chi connectivity index (χ0n) is 9.69. The molecule has 0 saturated carbocycles. The minimum atomic E-state index is -1.21. The van der Waals surface area contributed by atoms with Crippen LogP contribution in [0.25, 0.3) is 0 Å². The van der Waals surface area contributed by atoms with E-state index in [-0.39, 0.29) is 0 Å². The van der Waals surface area contributed by atoms with Gasteiger partial charge in [-0.3, -0.25) is 4.21 Å². The minimum Gasteiger partial charge on any atom is -0.456 e. The largest absolute Gasteiger partial charge is 0.456 e. The van der Waals surface area contributed by atoms with E-state index in [9.17, 15) is 4.21 Å². The maximum atomic E-state index is 11.4. The van der Waals surface area contributed by atoms with Crippen molar-refractivity contribution in [3.8, 4) is 11.5 Å². The van der Waals surface area contributed by atoms with Crippen molar-refractivity contribution in [2.75, 3.05) is 6.26 Å². The van der Waals surface area contributed by atoms with Gasteiger partial charge in [-0.25, -0.2) is 4.98 Å². The van der Waals surface area contributed by atoms with E-state index < -0.39 is 10.8 Å². The molecular formula is C12H8Cl3NO2S. The molecule has 3 nitrogen and oxygen atoms in total. The van der Waals surface area contributed by atoms with Crippen LogP contribution in [-0.2, 0) is 10.8 Å². The van der Waals surface area contributed by atoms with Crippen molar-refractivity contribution in [1.82, 2.24) is 4.98 Å². The van der Waals surface area contributed by atoms with Crippen molar-refractivity contribution in [3.05, 3.63) is 45.7 Å². The highest BCUT2D eigenvalue weighted by Gasteiger charge is 2.12. The standard InChI is InChI=1S/C12H8Cl3NO2S/c1-19(17)11-6-8(13)10(5-9(11)14)18-7-2-3-16-12(15)4-7/h2-6H,1H3. The summed E-state index contributed by atoms with van der Waals surface area (Å²) in [5, 5.41) is 0.967. The second kappa shape index (κ2) is 6.09. The number of hydrogen-bond donors (Lipinski definition) is 0. The van der Waals surface area contributed by atoms with Crippen LogP contribution < -0.4 is 4.74 Å². The topological polar surface area (TPSA) is 39.2 Å². The van der Waals surface area contributed by atoms with Gasteiger partial charge in [-0.15, -0.1) is 0 Å². The SMILES string of the molecule is CS(=O)c1cc(Cl)c(Oc2ccnc(Cl)c2)cc1Cl. The fourth-order valence-corrected chi connectivity index (χ4v) is 2.91. The lowest BCUT2D eigenvalue weighted by Gasteiger charge is -2.10. The number of pyridine rings is 1. The first-order valence-electron chi connectivity index (χ1n) is 5.09. The number of rotatable bonds is 3. The van der Waals surface area contributed by atoms with Crippen molar-refractivity contribution < 1.29 is 8.95 Å². The number of nitrogens with zero attached hydrogens (tertiary/aromatic N) is 1. The van der Waals surface area contributed by atoms with Gasteiger partial charge in [-0.1, -0.05) is 34.8 Å². The molecule has 0 spiro atoms. The molecule has 0 amide bonds. The third-order valence-electron chi connectivity index (χ3n) is 2.22. The molecular weight excluding hydrogens is 329 g/mol. The van der Waals surface area contributed by atoms with E-state index in [4.69, 9.17) is 39.5 Å². The number of halogens is 3. The molecule has 100 valence electrons. The summed E-state index contributed by atoms with van der Waals surface area (Å²) in [7, 11) is -1.21. The van der Waals surface area contributed by atoms with Crippen LogP contribution >= 0.6 is 34.8 Å². The van der Waals surface area contributed by atoms with E-state index in [0.29, 0.717) is 31.6 Å². The summed E-state index contributed by atoms with van der Waals surface area (Å²) in [6.07, 6.45) is 3.04. The molecule has 1 atom stereocenters. The molecule has 2 rings (SSSR count). The molecule has 0 N–H and O–H groups in total. The summed E-state index contributed by atoms with van der Waals surface area (Å²) in [5.74, 6) is 0.853. The van der Waals surface area contributed by atoms with E-state index in [2.05, 4.69) is 4.98 Å². The first kappa shape index (κ1) is 14.6. The highest BCUT2D eigenvalue weighted by atomic mass is 35.5. The van der Waals surface area contributed by atoms with Crippen molar-refractivity contribution in [1.29, 1.82) is 0 Å². The van der Waals surface area contributed by atoms with Crippen molar-refractivity contribution in [2.45, 2.75) is 4.90 Å². The molecule has 0 bridgehead atoms. The van der Waals surface area contributed by atoms with Crippen LogP contribution in [0.4, 0.5) is 0 Å². The predicted octanol–water partition coefficient (Wildman–Crippen LogP) is 4.57. The highest BCUT2D eigenvalue weighted by Crippen LogP contribution is 2.35. The summed E-state index contributed by atoms with van der Waals surface area (Å²) in [6, 6.07) is 6.24. The van der Waals surface area contributed by atoms with Gasteiger partial charge in [0.1, 0.15) is 16.7 Å². The van der Waals surface area contributed by atoms with Crippen molar-refractivity contribution in [3.63, 3.8) is 0 Å². The fourth-order valence-electron chi connectivity index (χ4n) is 1.38. The summed E-state index contributed by atoms with van der Waals surface area (Å²) >= 11 is 17.9. The van der Waals surface area contributed by atoms with Crippen LogP contribution in [0.5, 0.6) is 11.5 Å². The maximum absolute atomic E-state index is 11.4. The normalized spacial score (nSPS) is 12.2. The second-order valence-electron chi connectivity index (χ2n) is 3.58. The van der Waals surface area contributed by atoms with Crippen LogP contribution in [0.3, 0.4) is 0 Å². The molecule has 0 saturated heterocycles. The van der Waals surface area contributed by atoms with Gasteiger partial charge in [0.2, 0.25) is 0 Å². The van der Waals surface area contributed by atoms with Crippen LogP contribution in [0.15, 0.2) is 35.4 Å². The van der Waals surface area contributed by atoms with E-state index in [1.54, 1.807) is 12.1 Å². The lowest BCUT2D eigenvalue weighted by molar-refractivity contribution is 0.482. The smallest absolute Gasteiger partial charge is 0.147 e. The average molecular weight is 337 g/mol. The van der Waals surface area contributed by atoms with Gasteiger partial charge in [-0.05, 0) is 12.1 Å². The Morgan fingerprint density at radius 1 is 1.16 bits per heavy atom. The molecule has 0 radical (unpaired) electrons. The molecule has 1 aromatic heterocycles. The zero-order valence-corrected chi connectivity index (χ0v) is 12.8. The molecule has 0 fully saturated rings.